The van der Waals surface area contributed by atoms with Gasteiger partial charge in [-0.15, -0.1) is 10.2 Å². The van der Waals surface area contributed by atoms with E-state index >= 15 is 0 Å². The van der Waals surface area contributed by atoms with Crippen LogP contribution in [-0.4, -0.2) is 48.2 Å². The van der Waals surface area contributed by atoms with E-state index in [4.69, 9.17) is 9.15 Å². The molecule has 3 heterocycles. The predicted molar refractivity (Wildman–Crippen MR) is 111 cm³/mol. The number of furan rings is 1. The molecular formula is C20H18N4O5S. The summed E-state index contributed by atoms with van der Waals surface area (Å²) < 4.78 is 11.0. The van der Waals surface area contributed by atoms with Crippen molar-refractivity contribution in [2.24, 2.45) is 0 Å². The van der Waals surface area contributed by atoms with Gasteiger partial charge >= 0.3 is 5.91 Å². The van der Waals surface area contributed by atoms with Crippen LogP contribution < -0.4 is 14.5 Å². The van der Waals surface area contributed by atoms with Crippen molar-refractivity contribution in [1.29, 1.82) is 0 Å². The van der Waals surface area contributed by atoms with Crippen molar-refractivity contribution in [3.05, 3.63) is 58.8 Å². The second kappa shape index (κ2) is 7.64. The van der Waals surface area contributed by atoms with E-state index in [1.807, 2.05) is 14.1 Å². The summed E-state index contributed by atoms with van der Waals surface area (Å²) >= 11 is 1.11. The number of carbonyl (C=O) groups excluding carboxylic acids is 2. The maximum atomic E-state index is 12.9. The number of ether oxygens (including phenoxy) is 1. The molecule has 1 atom stereocenters. The van der Waals surface area contributed by atoms with Crippen molar-refractivity contribution in [2.45, 2.75) is 6.04 Å². The molecule has 0 aliphatic carbocycles. The molecule has 1 saturated heterocycles. The minimum atomic E-state index is -0.978. The van der Waals surface area contributed by atoms with E-state index in [1.165, 1.54) is 17.5 Å². The van der Waals surface area contributed by atoms with Crippen LogP contribution in [0.25, 0.3) is 5.76 Å². The number of aromatic nitrogens is 2. The topological polar surface area (TPSA) is 109 Å². The summed E-state index contributed by atoms with van der Waals surface area (Å²) in [4.78, 5) is 28.8. The first kappa shape index (κ1) is 19.6. The zero-order valence-electron chi connectivity index (χ0n) is 16.4. The van der Waals surface area contributed by atoms with Gasteiger partial charge in [0, 0.05) is 25.7 Å². The van der Waals surface area contributed by atoms with Gasteiger partial charge in [-0.3, -0.25) is 14.5 Å². The Balaban J connectivity index is 1.89. The van der Waals surface area contributed by atoms with E-state index in [1.54, 1.807) is 41.3 Å². The lowest BCUT2D eigenvalue weighted by atomic mass is 9.99. The van der Waals surface area contributed by atoms with Gasteiger partial charge in [-0.1, -0.05) is 11.3 Å². The molecule has 1 fully saturated rings. The number of rotatable bonds is 5. The molecule has 30 heavy (non-hydrogen) atoms. The zero-order valence-corrected chi connectivity index (χ0v) is 17.2. The number of ketones is 1. The Bertz CT molecular complexity index is 1120. The van der Waals surface area contributed by atoms with Crippen LogP contribution in [0.5, 0.6) is 5.75 Å². The molecule has 0 spiro atoms. The molecule has 2 aromatic heterocycles. The van der Waals surface area contributed by atoms with Gasteiger partial charge in [0.25, 0.3) is 5.78 Å². The summed E-state index contributed by atoms with van der Waals surface area (Å²) in [6, 6.07) is 8.94. The molecule has 4 rings (SSSR count). The van der Waals surface area contributed by atoms with Gasteiger partial charge in [0.05, 0.1) is 12.7 Å². The number of amides is 1. The third-order valence-electron chi connectivity index (χ3n) is 4.69. The molecule has 154 valence electrons. The number of hydrogen-bond donors (Lipinski definition) is 1. The molecular weight excluding hydrogens is 408 g/mol. The maximum Gasteiger partial charge on any atom is 0.302 e. The summed E-state index contributed by atoms with van der Waals surface area (Å²) in [5, 5.41) is 18.9. The summed E-state index contributed by atoms with van der Waals surface area (Å²) in [7, 11) is 5.14. The highest BCUT2D eigenvalue weighted by Gasteiger charge is 2.49. The van der Waals surface area contributed by atoms with Gasteiger partial charge in [-0.2, -0.15) is 0 Å². The standard InChI is InChI=1S/C20H18N4O5S/c1-23(2)14-9-8-13(29-14)16-15(17(25)11-4-6-12(28-3)7-5-11)18(26)19(27)24(16)20-22-21-10-30-20/h4-10,16,25H,1-3H3/b17-15+. The van der Waals surface area contributed by atoms with Crippen LogP contribution in [-0.2, 0) is 9.59 Å². The lowest BCUT2D eigenvalue weighted by Crippen LogP contribution is -2.29. The average Bonchev–Trinajstić information content (AvgIpc) is 3.48. The fourth-order valence-corrected chi connectivity index (χ4v) is 3.79. The minimum Gasteiger partial charge on any atom is -0.507 e. The fourth-order valence-electron chi connectivity index (χ4n) is 3.21. The second-order valence-electron chi connectivity index (χ2n) is 6.69. The Morgan fingerprint density at radius 3 is 2.50 bits per heavy atom. The number of anilines is 2. The monoisotopic (exact) mass is 426 g/mol. The van der Waals surface area contributed by atoms with Gasteiger partial charge < -0.3 is 19.2 Å². The zero-order chi connectivity index (χ0) is 21.4. The highest BCUT2D eigenvalue weighted by Crippen LogP contribution is 2.43. The summed E-state index contributed by atoms with van der Waals surface area (Å²) in [6.07, 6.45) is 0. The van der Waals surface area contributed by atoms with Gasteiger partial charge in [0.2, 0.25) is 5.13 Å². The van der Waals surface area contributed by atoms with E-state index in [9.17, 15) is 14.7 Å². The van der Waals surface area contributed by atoms with Crippen molar-refractivity contribution >= 4 is 39.8 Å². The number of hydrogen-bond acceptors (Lipinski definition) is 9. The third kappa shape index (κ3) is 3.20. The summed E-state index contributed by atoms with van der Waals surface area (Å²) in [6.45, 7) is 0. The van der Waals surface area contributed by atoms with Gasteiger partial charge in [0.15, 0.2) is 5.88 Å². The number of aliphatic hydroxyl groups is 1. The first-order valence-corrected chi connectivity index (χ1v) is 9.79. The van der Waals surface area contributed by atoms with Crippen LogP contribution in [0.15, 0.2) is 51.9 Å². The molecule has 1 amide bonds. The van der Waals surface area contributed by atoms with E-state index in [0.29, 0.717) is 23.0 Å². The van der Waals surface area contributed by atoms with Crippen molar-refractivity contribution < 1.29 is 23.8 Å². The highest BCUT2D eigenvalue weighted by molar-refractivity contribution is 7.13. The first-order valence-electron chi connectivity index (χ1n) is 8.91. The SMILES string of the molecule is COc1ccc(/C(O)=C2\C(=O)C(=O)N(c3nncs3)C2c2ccc(N(C)C)o2)cc1. The lowest BCUT2D eigenvalue weighted by molar-refractivity contribution is -0.132. The number of carbonyl (C=O) groups is 2. The molecule has 9 nitrogen and oxygen atoms in total. The Morgan fingerprint density at radius 2 is 1.93 bits per heavy atom. The molecule has 1 aliphatic rings. The van der Waals surface area contributed by atoms with E-state index in [-0.39, 0.29) is 16.5 Å². The van der Waals surface area contributed by atoms with E-state index in [2.05, 4.69) is 10.2 Å². The van der Waals surface area contributed by atoms with Crippen molar-refractivity contribution in [1.82, 2.24) is 10.2 Å². The van der Waals surface area contributed by atoms with Crippen molar-refractivity contribution in [2.75, 3.05) is 31.0 Å². The number of nitrogens with zero attached hydrogens (tertiary/aromatic N) is 4. The van der Waals surface area contributed by atoms with Crippen LogP contribution in [0.2, 0.25) is 0 Å². The largest absolute Gasteiger partial charge is 0.507 e. The predicted octanol–water partition coefficient (Wildman–Crippen LogP) is 2.83. The van der Waals surface area contributed by atoms with Crippen LogP contribution in [0.4, 0.5) is 11.0 Å². The minimum absolute atomic E-state index is 0.0833. The molecule has 10 heteroatoms. The normalized spacial score (nSPS) is 18.1. The molecule has 0 bridgehead atoms. The van der Waals surface area contributed by atoms with E-state index in [0.717, 1.165) is 11.3 Å². The maximum absolute atomic E-state index is 12.9. The number of methoxy groups -OCH3 is 1. The molecule has 1 N–H and O–H groups in total. The highest BCUT2D eigenvalue weighted by atomic mass is 32.1. The Hall–Kier alpha value is -3.66. The van der Waals surface area contributed by atoms with Crippen LogP contribution >= 0.6 is 11.3 Å². The van der Waals surface area contributed by atoms with Gasteiger partial charge in [-0.05, 0) is 30.3 Å². The van der Waals surface area contributed by atoms with Gasteiger partial charge in [-0.25, -0.2) is 0 Å². The molecule has 0 saturated carbocycles. The summed E-state index contributed by atoms with van der Waals surface area (Å²) in [5.41, 5.74) is 1.75. The van der Waals surface area contributed by atoms with Crippen LogP contribution in [0, 0.1) is 0 Å². The molecule has 3 aromatic rings. The molecule has 1 unspecified atom stereocenters. The molecule has 1 aromatic carbocycles. The van der Waals surface area contributed by atoms with Crippen molar-refractivity contribution in [3.8, 4) is 5.75 Å². The number of Topliss-reactive ketones (excluding diaryl/α,β-unsaturated/α-hetero) is 1. The Labute approximate surface area is 175 Å². The first-order chi connectivity index (χ1) is 14.4. The lowest BCUT2D eigenvalue weighted by Gasteiger charge is -2.20. The van der Waals surface area contributed by atoms with Crippen LogP contribution in [0.3, 0.4) is 0 Å². The molecule has 0 radical (unpaired) electrons. The van der Waals surface area contributed by atoms with Crippen LogP contribution in [0.1, 0.15) is 17.4 Å². The third-order valence-corrected chi connectivity index (χ3v) is 5.37. The van der Waals surface area contributed by atoms with Gasteiger partial charge in [0.1, 0.15) is 28.8 Å². The van der Waals surface area contributed by atoms with E-state index < -0.39 is 17.7 Å². The quantitative estimate of drug-likeness (QED) is 0.377. The van der Waals surface area contributed by atoms with Crippen molar-refractivity contribution in [3.63, 3.8) is 0 Å². The second-order valence-corrected chi connectivity index (χ2v) is 7.50. The number of aliphatic hydroxyl groups excluding tert-OH is 1. The summed E-state index contributed by atoms with van der Waals surface area (Å²) in [5.74, 6) is -0.490. The average molecular weight is 426 g/mol. The number of benzene rings is 1. The Morgan fingerprint density at radius 1 is 1.20 bits per heavy atom. The smallest absolute Gasteiger partial charge is 0.302 e. The fraction of sp³-hybridized carbons (Fsp3) is 0.200. The Kier molecular flexibility index (Phi) is 5.00. The molecule has 1 aliphatic heterocycles.